The van der Waals surface area contributed by atoms with Gasteiger partial charge in [0.1, 0.15) is 22.2 Å². The quantitative estimate of drug-likeness (QED) is 0.385. The Hall–Kier alpha value is -3.12. The number of methoxy groups -OCH3 is 1. The van der Waals surface area contributed by atoms with Gasteiger partial charge in [-0.1, -0.05) is 24.3 Å². The zero-order chi connectivity index (χ0) is 21.1. The maximum atomic E-state index is 13.3. The zero-order valence-electron chi connectivity index (χ0n) is 17.3. The summed E-state index contributed by atoms with van der Waals surface area (Å²) >= 11 is 1.50. The van der Waals surface area contributed by atoms with Crippen molar-refractivity contribution in [2.45, 2.75) is 26.8 Å². The van der Waals surface area contributed by atoms with Crippen LogP contribution in [0.15, 0.2) is 58.7 Å². The monoisotopic (exact) mass is 420 g/mol. The SMILES string of the molecule is COc1ccc(-c2csc3nc(C)n(CCCOc4cccc(C)c4)c(=O)c23)cc1. The van der Waals surface area contributed by atoms with Gasteiger partial charge in [0.25, 0.3) is 5.56 Å². The third-order valence-corrected chi connectivity index (χ3v) is 5.94. The molecule has 0 fully saturated rings. The summed E-state index contributed by atoms with van der Waals surface area (Å²) in [6.07, 6.45) is 0.726. The fourth-order valence-electron chi connectivity index (χ4n) is 3.49. The molecule has 4 rings (SSSR count). The normalized spacial score (nSPS) is 11.0. The van der Waals surface area contributed by atoms with Crippen LogP contribution in [0.25, 0.3) is 21.3 Å². The van der Waals surface area contributed by atoms with E-state index in [2.05, 4.69) is 4.98 Å². The summed E-state index contributed by atoms with van der Waals surface area (Å²) in [7, 11) is 1.64. The average Bonchev–Trinajstić information content (AvgIpc) is 3.17. The molecular weight excluding hydrogens is 396 g/mol. The highest BCUT2D eigenvalue weighted by Gasteiger charge is 2.15. The number of ether oxygens (including phenoxy) is 2. The Morgan fingerprint density at radius 3 is 2.60 bits per heavy atom. The maximum absolute atomic E-state index is 13.3. The molecule has 0 amide bonds. The molecule has 154 valence electrons. The number of thiophene rings is 1. The van der Waals surface area contributed by atoms with Crippen LogP contribution in [-0.2, 0) is 6.54 Å². The van der Waals surface area contributed by atoms with Crippen LogP contribution in [-0.4, -0.2) is 23.3 Å². The number of hydrogen-bond acceptors (Lipinski definition) is 5. The smallest absolute Gasteiger partial charge is 0.262 e. The summed E-state index contributed by atoms with van der Waals surface area (Å²) in [6.45, 7) is 5.03. The Morgan fingerprint density at radius 1 is 1.07 bits per heavy atom. The van der Waals surface area contributed by atoms with Crippen molar-refractivity contribution >= 4 is 21.6 Å². The summed E-state index contributed by atoms with van der Waals surface area (Å²) in [5.41, 5.74) is 3.07. The Kier molecular flexibility index (Phi) is 5.86. The molecule has 0 saturated carbocycles. The standard InChI is InChI=1S/C24H24N2O3S/c1-16-6-4-7-20(14-16)29-13-5-12-26-17(2)25-23-22(24(26)27)21(15-30-23)18-8-10-19(28-3)11-9-18/h4,6-11,14-15H,5,12-13H2,1-3H3. The lowest BCUT2D eigenvalue weighted by atomic mass is 10.1. The first-order chi connectivity index (χ1) is 14.6. The second-order valence-electron chi connectivity index (χ2n) is 7.19. The Balaban J connectivity index is 1.56. The molecule has 0 spiro atoms. The number of aryl methyl sites for hydroxylation is 2. The predicted molar refractivity (Wildman–Crippen MR) is 122 cm³/mol. The molecule has 30 heavy (non-hydrogen) atoms. The molecule has 2 heterocycles. The molecule has 0 N–H and O–H groups in total. The summed E-state index contributed by atoms with van der Waals surface area (Å²) < 4.78 is 12.8. The fourth-order valence-corrected chi connectivity index (χ4v) is 4.47. The van der Waals surface area contributed by atoms with Crippen LogP contribution in [0.1, 0.15) is 17.8 Å². The largest absolute Gasteiger partial charge is 0.497 e. The molecule has 0 unspecified atom stereocenters. The van der Waals surface area contributed by atoms with E-state index >= 15 is 0 Å². The third-order valence-electron chi connectivity index (χ3n) is 5.07. The van der Waals surface area contributed by atoms with Crippen LogP contribution in [0, 0.1) is 13.8 Å². The minimum Gasteiger partial charge on any atom is -0.497 e. The number of nitrogens with zero attached hydrogens (tertiary/aromatic N) is 2. The maximum Gasteiger partial charge on any atom is 0.262 e. The van der Waals surface area contributed by atoms with Gasteiger partial charge in [-0.2, -0.15) is 0 Å². The second kappa shape index (κ2) is 8.71. The number of hydrogen-bond donors (Lipinski definition) is 0. The van der Waals surface area contributed by atoms with Crippen molar-refractivity contribution in [2.75, 3.05) is 13.7 Å². The van der Waals surface area contributed by atoms with Gasteiger partial charge in [-0.05, 0) is 55.7 Å². The average molecular weight is 421 g/mol. The van der Waals surface area contributed by atoms with Crippen molar-refractivity contribution in [1.82, 2.24) is 9.55 Å². The zero-order valence-corrected chi connectivity index (χ0v) is 18.2. The van der Waals surface area contributed by atoms with Crippen molar-refractivity contribution in [3.05, 3.63) is 75.7 Å². The van der Waals surface area contributed by atoms with Crippen LogP contribution in [0.2, 0.25) is 0 Å². The molecule has 0 atom stereocenters. The van der Waals surface area contributed by atoms with E-state index in [9.17, 15) is 4.79 Å². The van der Waals surface area contributed by atoms with E-state index in [0.717, 1.165) is 45.3 Å². The molecule has 0 radical (unpaired) electrons. The van der Waals surface area contributed by atoms with Crippen molar-refractivity contribution in [2.24, 2.45) is 0 Å². The van der Waals surface area contributed by atoms with Gasteiger partial charge in [0, 0.05) is 17.5 Å². The van der Waals surface area contributed by atoms with Gasteiger partial charge in [0.2, 0.25) is 0 Å². The Labute approximate surface area is 179 Å². The number of benzene rings is 2. The molecule has 2 aromatic carbocycles. The highest BCUT2D eigenvalue weighted by molar-refractivity contribution is 7.17. The highest BCUT2D eigenvalue weighted by atomic mass is 32.1. The first-order valence-corrected chi connectivity index (χ1v) is 10.8. The molecule has 6 heteroatoms. The van der Waals surface area contributed by atoms with Crippen molar-refractivity contribution in [3.8, 4) is 22.6 Å². The van der Waals surface area contributed by atoms with Crippen LogP contribution < -0.4 is 15.0 Å². The fraction of sp³-hybridized carbons (Fsp3) is 0.250. The Bertz CT molecular complexity index is 1230. The minimum absolute atomic E-state index is 0.000114. The summed E-state index contributed by atoms with van der Waals surface area (Å²) in [5.74, 6) is 2.37. The van der Waals surface area contributed by atoms with E-state index in [-0.39, 0.29) is 5.56 Å². The van der Waals surface area contributed by atoms with E-state index in [0.29, 0.717) is 18.5 Å². The van der Waals surface area contributed by atoms with Gasteiger partial charge in [-0.15, -0.1) is 11.3 Å². The number of rotatable bonds is 7. The van der Waals surface area contributed by atoms with Crippen molar-refractivity contribution < 1.29 is 9.47 Å². The lowest BCUT2D eigenvalue weighted by Crippen LogP contribution is -2.24. The lowest BCUT2D eigenvalue weighted by molar-refractivity contribution is 0.300. The van der Waals surface area contributed by atoms with Crippen molar-refractivity contribution in [1.29, 1.82) is 0 Å². The third kappa shape index (κ3) is 4.09. The second-order valence-corrected chi connectivity index (χ2v) is 8.05. The first kappa shape index (κ1) is 20.2. The highest BCUT2D eigenvalue weighted by Crippen LogP contribution is 2.32. The van der Waals surface area contributed by atoms with Gasteiger partial charge in [-0.25, -0.2) is 4.98 Å². The molecule has 0 bridgehead atoms. The van der Waals surface area contributed by atoms with E-state index in [4.69, 9.17) is 9.47 Å². The summed E-state index contributed by atoms with van der Waals surface area (Å²) in [4.78, 5) is 18.8. The summed E-state index contributed by atoms with van der Waals surface area (Å²) in [5, 5.41) is 2.68. The summed E-state index contributed by atoms with van der Waals surface area (Å²) in [6, 6.07) is 15.7. The van der Waals surface area contributed by atoms with Gasteiger partial charge in [0.05, 0.1) is 19.1 Å². The predicted octanol–water partition coefficient (Wildman–Crippen LogP) is 5.22. The molecule has 5 nitrogen and oxygen atoms in total. The Morgan fingerprint density at radius 2 is 1.87 bits per heavy atom. The van der Waals surface area contributed by atoms with Crippen LogP contribution in [0.3, 0.4) is 0 Å². The molecular formula is C24H24N2O3S. The molecule has 0 aliphatic rings. The van der Waals surface area contributed by atoms with Gasteiger partial charge in [-0.3, -0.25) is 9.36 Å². The van der Waals surface area contributed by atoms with E-state index in [1.165, 1.54) is 11.3 Å². The molecule has 0 aliphatic heterocycles. The molecule has 2 aromatic heterocycles. The van der Waals surface area contributed by atoms with E-state index in [1.807, 2.05) is 67.8 Å². The van der Waals surface area contributed by atoms with Crippen LogP contribution in [0.4, 0.5) is 0 Å². The van der Waals surface area contributed by atoms with Gasteiger partial charge >= 0.3 is 0 Å². The lowest BCUT2D eigenvalue weighted by Gasteiger charge is -2.11. The number of aromatic nitrogens is 2. The minimum atomic E-state index is 0.000114. The molecule has 0 saturated heterocycles. The first-order valence-electron chi connectivity index (χ1n) is 9.89. The topological polar surface area (TPSA) is 53.4 Å². The van der Waals surface area contributed by atoms with E-state index < -0.39 is 0 Å². The number of fused-ring (bicyclic) bond motifs is 1. The molecule has 0 aliphatic carbocycles. The van der Waals surface area contributed by atoms with Gasteiger partial charge < -0.3 is 9.47 Å². The van der Waals surface area contributed by atoms with Crippen LogP contribution >= 0.6 is 11.3 Å². The van der Waals surface area contributed by atoms with Crippen molar-refractivity contribution in [3.63, 3.8) is 0 Å². The van der Waals surface area contributed by atoms with Gasteiger partial charge in [0.15, 0.2) is 0 Å². The molecule has 4 aromatic rings. The van der Waals surface area contributed by atoms with Crippen LogP contribution in [0.5, 0.6) is 11.5 Å². The van der Waals surface area contributed by atoms with E-state index in [1.54, 1.807) is 11.7 Å².